The number of carbonyl (C=O) groups is 2. The van der Waals surface area contributed by atoms with Crippen molar-refractivity contribution in [3.05, 3.63) is 64.7 Å². The van der Waals surface area contributed by atoms with Crippen LogP contribution in [-0.2, 0) is 39.0 Å². The van der Waals surface area contributed by atoms with Crippen LogP contribution in [0.4, 0.5) is 5.69 Å². The lowest BCUT2D eigenvalue weighted by atomic mass is 9.81. The first-order valence-corrected chi connectivity index (χ1v) is 10.5. The summed E-state index contributed by atoms with van der Waals surface area (Å²) < 4.78 is 11.5. The minimum Gasteiger partial charge on any atom is -0.481 e. The highest BCUT2D eigenvalue weighted by Gasteiger charge is 2.45. The van der Waals surface area contributed by atoms with Gasteiger partial charge >= 0.3 is 5.97 Å². The van der Waals surface area contributed by atoms with Gasteiger partial charge in [0, 0.05) is 34.9 Å². The highest BCUT2D eigenvalue weighted by Crippen LogP contribution is 2.40. The molecule has 5 nitrogen and oxygen atoms in total. The van der Waals surface area contributed by atoms with Crippen molar-refractivity contribution >= 4 is 28.4 Å². The molecule has 0 radical (unpaired) electrons. The monoisotopic (exact) mass is 385 g/mol. The standard InChI is InChI=1S/C21H23NO4S/c1-14-17(13-27(2)26)8-5-9-18(14)22-19(23)12-21(20(24)25)10-15-6-3-4-7-16(15)11-21/h3-9H,10-13H2,1-2H3,(H,22,23)(H,24,25). The zero-order chi connectivity index (χ0) is 19.6. The lowest BCUT2D eigenvalue weighted by Gasteiger charge is -2.23. The lowest BCUT2D eigenvalue weighted by Crippen LogP contribution is -2.36. The Morgan fingerprint density at radius 2 is 1.74 bits per heavy atom. The molecule has 1 aliphatic carbocycles. The molecule has 1 atom stereocenters. The van der Waals surface area contributed by atoms with E-state index in [1.807, 2.05) is 43.3 Å². The second-order valence-corrected chi connectivity index (χ2v) is 8.67. The van der Waals surface area contributed by atoms with Crippen LogP contribution in [0.5, 0.6) is 0 Å². The average Bonchev–Trinajstić information content (AvgIpc) is 2.97. The molecule has 1 unspecified atom stereocenters. The fourth-order valence-corrected chi connectivity index (χ4v) is 4.49. The van der Waals surface area contributed by atoms with E-state index in [2.05, 4.69) is 5.32 Å². The number of carboxylic acids is 1. The Morgan fingerprint density at radius 1 is 1.11 bits per heavy atom. The molecular formula is C21H23NO4S. The highest BCUT2D eigenvalue weighted by atomic mass is 32.2. The molecule has 0 saturated carbocycles. The Labute approximate surface area is 161 Å². The SMILES string of the molecule is Cc1c(CS(C)=O)cccc1NC(=O)CC1(C(=O)O)Cc2ccccc2C1. The summed E-state index contributed by atoms with van der Waals surface area (Å²) in [6.45, 7) is 1.87. The minimum atomic E-state index is -1.11. The number of aliphatic carboxylic acids is 1. The van der Waals surface area contributed by atoms with Crippen LogP contribution < -0.4 is 5.32 Å². The smallest absolute Gasteiger partial charge is 0.310 e. The molecule has 142 valence electrons. The van der Waals surface area contributed by atoms with E-state index in [0.29, 0.717) is 24.3 Å². The molecule has 27 heavy (non-hydrogen) atoms. The van der Waals surface area contributed by atoms with Crippen molar-refractivity contribution in [2.24, 2.45) is 5.41 Å². The number of hydrogen-bond acceptors (Lipinski definition) is 3. The second-order valence-electron chi connectivity index (χ2n) is 7.24. The van der Waals surface area contributed by atoms with Crippen LogP contribution in [0.2, 0.25) is 0 Å². The largest absolute Gasteiger partial charge is 0.481 e. The first-order valence-electron chi connectivity index (χ1n) is 8.79. The minimum absolute atomic E-state index is 0.0829. The Kier molecular flexibility index (Phi) is 5.46. The van der Waals surface area contributed by atoms with E-state index in [1.165, 1.54) is 0 Å². The lowest BCUT2D eigenvalue weighted by molar-refractivity contribution is -0.150. The Bertz CT molecular complexity index is 897. The number of nitrogens with one attached hydrogen (secondary N) is 1. The van der Waals surface area contributed by atoms with E-state index >= 15 is 0 Å². The van der Waals surface area contributed by atoms with Gasteiger partial charge in [-0.05, 0) is 48.1 Å². The second kappa shape index (κ2) is 7.64. The summed E-state index contributed by atoms with van der Waals surface area (Å²) in [5, 5.41) is 12.7. The third-order valence-electron chi connectivity index (χ3n) is 5.21. The number of hydrogen-bond donors (Lipinski definition) is 2. The van der Waals surface area contributed by atoms with Gasteiger partial charge in [0.1, 0.15) is 0 Å². The van der Waals surface area contributed by atoms with Gasteiger partial charge in [0.25, 0.3) is 0 Å². The maximum Gasteiger partial charge on any atom is 0.310 e. The summed E-state index contributed by atoms with van der Waals surface area (Å²) in [5.74, 6) is -0.840. The van der Waals surface area contributed by atoms with E-state index in [-0.39, 0.29) is 12.3 Å². The van der Waals surface area contributed by atoms with Crippen LogP contribution in [0.15, 0.2) is 42.5 Å². The Morgan fingerprint density at radius 3 is 2.30 bits per heavy atom. The summed E-state index contributed by atoms with van der Waals surface area (Å²) in [7, 11) is -0.978. The fourth-order valence-electron chi connectivity index (χ4n) is 3.74. The molecule has 0 heterocycles. The molecule has 2 aromatic carbocycles. The topological polar surface area (TPSA) is 83.5 Å². The number of fused-ring (bicyclic) bond motifs is 1. The van der Waals surface area contributed by atoms with Crippen molar-refractivity contribution in [1.29, 1.82) is 0 Å². The predicted octanol–water partition coefficient (Wildman–Crippen LogP) is 3.07. The van der Waals surface area contributed by atoms with Gasteiger partial charge in [0.15, 0.2) is 0 Å². The number of amides is 1. The van der Waals surface area contributed by atoms with E-state index in [1.54, 1.807) is 12.3 Å². The molecule has 0 saturated heterocycles. The zero-order valence-electron chi connectivity index (χ0n) is 15.5. The van der Waals surface area contributed by atoms with Gasteiger partial charge in [-0.3, -0.25) is 13.8 Å². The van der Waals surface area contributed by atoms with Crippen LogP contribution in [0.3, 0.4) is 0 Å². The van der Waals surface area contributed by atoms with Crippen LogP contribution in [0.1, 0.15) is 28.7 Å². The summed E-state index contributed by atoms with van der Waals surface area (Å²) in [4.78, 5) is 24.7. The van der Waals surface area contributed by atoms with Gasteiger partial charge in [-0.25, -0.2) is 0 Å². The maximum atomic E-state index is 12.7. The zero-order valence-corrected chi connectivity index (χ0v) is 16.3. The van der Waals surface area contributed by atoms with E-state index < -0.39 is 22.2 Å². The van der Waals surface area contributed by atoms with Gasteiger partial charge in [-0.1, -0.05) is 36.4 Å². The average molecular weight is 385 g/mol. The molecule has 0 spiro atoms. The molecule has 0 aromatic heterocycles. The maximum absolute atomic E-state index is 12.7. The summed E-state index contributed by atoms with van der Waals surface area (Å²) >= 11 is 0. The van der Waals surface area contributed by atoms with Crippen molar-refractivity contribution in [2.75, 3.05) is 11.6 Å². The molecular weight excluding hydrogens is 362 g/mol. The van der Waals surface area contributed by atoms with E-state index in [4.69, 9.17) is 0 Å². The van der Waals surface area contributed by atoms with Crippen molar-refractivity contribution in [3.8, 4) is 0 Å². The Balaban J connectivity index is 1.77. The molecule has 0 aliphatic heterocycles. The third-order valence-corrected chi connectivity index (χ3v) is 5.93. The molecule has 3 rings (SSSR count). The number of anilines is 1. The highest BCUT2D eigenvalue weighted by molar-refractivity contribution is 7.83. The van der Waals surface area contributed by atoms with Crippen LogP contribution in [0, 0.1) is 12.3 Å². The van der Waals surface area contributed by atoms with Crippen LogP contribution >= 0.6 is 0 Å². The molecule has 1 aliphatic rings. The number of carbonyl (C=O) groups excluding carboxylic acids is 1. The number of carboxylic acid groups (broad SMARTS) is 1. The van der Waals surface area contributed by atoms with Gasteiger partial charge in [0.05, 0.1) is 5.41 Å². The predicted molar refractivity (Wildman–Crippen MR) is 106 cm³/mol. The molecule has 1 amide bonds. The summed E-state index contributed by atoms with van der Waals surface area (Å²) in [6, 6.07) is 13.1. The molecule has 0 bridgehead atoms. The van der Waals surface area contributed by atoms with Crippen LogP contribution in [-0.4, -0.2) is 27.4 Å². The summed E-state index contributed by atoms with van der Waals surface area (Å²) in [5.41, 5.74) is 3.30. The molecule has 0 fully saturated rings. The fraction of sp³-hybridized carbons (Fsp3) is 0.333. The quantitative estimate of drug-likeness (QED) is 0.800. The van der Waals surface area contributed by atoms with Crippen molar-refractivity contribution in [3.63, 3.8) is 0 Å². The van der Waals surface area contributed by atoms with Gasteiger partial charge in [-0.2, -0.15) is 0 Å². The normalized spacial score (nSPS) is 15.8. The summed E-state index contributed by atoms with van der Waals surface area (Å²) in [6.07, 6.45) is 2.28. The van der Waals surface area contributed by atoms with Crippen molar-refractivity contribution in [2.45, 2.75) is 31.9 Å². The van der Waals surface area contributed by atoms with Gasteiger partial charge in [0.2, 0.25) is 5.91 Å². The number of rotatable bonds is 6. The van der Waals surface area contributed by atoms with E-state index in [9.17, 15) is 18.9 Å². The molecule has 2 aromatic rings. The molecule has 2 N–H and O–H groups in total. The van der Waals surface area contributed by atoms with Gasteiger partial charge in [-0.15, -0.1) is 0 Å². The third kappa shape index (κ3) is 4.11. The van der Waals surface area contributed by atoms with Gasteiger partial charge < -0.3 is 10.4 Å². The van der Waals surface area contributed by atoms with Crippen molar-refractivity contribution < 1.29 is 18.9 Å². The van der Waals surface area contributed by atoms with Crippen LogP contribution in [0.25, 0.3) is 0 Å². The number of benzene rings is 2. The van der Waals surface area contributed by atoms with Crippen molar-refractivity contribution in [1.82, 2.24) is 0 Å². The van der Waals surface area contributed by atoms with E-state index in [0.717, 1.165) is 22.3 Å². The Hall–Kier alpha value is -2.47. The first kappa shape index (κ1) is 19.3. The molecule has 6 heteroatoms. The first-order chi connectivity index (χ1) is 12.8.